The molecule has 5 nitrogen and oxygen atoms in total. The van der Waals surface area contributed by atoms with Crippen LogP contribution in [0.2, 0.25) is 0 Å². The Balaban J connectivity index is 1.84. The Kier molecular flexibility index (Phi) is 6.85. The van der Waals surface area contributed by atoms with Crippen LogP contribution in [0.5, 0.6) is 0 Å². The van der Waals surface area contributed by atoms with Crippen molar-refractivity contribution in [3.63, 3.8) is 0 Å². The molecule has 8 heteroatoms. The summed E-state index contributed by atoms with van der Waals surface area (Å²) >= 11 is 1.75. The van der Waals surface area contributed by atoms with Crippen molar-refractivity contribution in [2.24, 2.45) is 0 Å². The SMILES string of the molecule is CCOC(=O)C(F)(F)/C=C(/I)CCCCN1C(=O)c2ccccc2C1=O. The van der Waals surface area contributed by atoms with Crippen LogP contribution in [0.4, 0.5) is 8.78 Å². The second-order valence-electron chi connectivity index (χ2n) is 5.70. The summed E-state index contributed by atoms with van der Waals surface area (Å²) in [7, 11) is 0. The number of halogens is 3. The first-order valence-electron chi connectivity index (χ1n) is 8.15. The highest BCUT2D eigenvalue weighted by Crippen LogP contribution is 2.26. The third-order valence-corrected chi connectivity index (χ3v) is 4.66. The van der Waals surface area contributed by atoms with Crippen molar-refractivity contribution in [3.05, 3.63) is 45.0 Å². The van der Waals surface area contributed by atoms with E-state index in [1.54, 1.807) is 46.9 Å². The van der Waals surface area contributed by atoms with Gasteiger partial charge in [-0.2, -0.15) is 8.78 Å². The molecule has 0 unspecified atom stereocenters. The molecule has 0 N–H and O–H groups in total. The van der Waals surface area contributed by atoms with Crippen LogP contribution < -0.4 is 0 Å². The monoisotopic (exact) mass is 477 g/mol. The molecule has 1 aromatic carbocycles. The van der Waals surface area contributed by atoms with Gasteiger partial charge in [0.1, 0.15) is 0 Å². The smallest absolute Gasteiger partial charge is 0.381 e. The summed E-state index contributed by atoms with van der Waals surface area (Å²) in [4.78, 5) is 36.8. The molecule has 0 fully saturated rings. The molecular formula is C18H18F2INO4. The predicted octanol–water partition coefficient (Wildman–Crippen LogP) is 3.97. The molecule has 2 amide bonds. The lowest BCUT2D eigenvalue weighted by molar-refractivity contribution is -0.164. The minimum atomic E-state index is -3.66. The van der Waals surface area contributed by atoms with Gasteiger partial charge in [0, 0.05) is 12.6 Å². The zero-order valence-corrected chi connectivity index (χ0v) is 16.3. The number of hydrogen-bond donors (Lipinski definition) is 0. The van der Waals surface area contributed by atoms with Gasteiger partial charge < -0.3 is 4.74 Å². The summed E-state index contributed by atoms with van der Waals surface area (Å²) in [6.45, 7) is 1.57. The van der Waals surface area contributed by atoms with Crippen LogP contribution in [0.15, 0.2) is 33.9 Å². The molecule has 1 aromatic rings. The minimum absolute atomic E-state index is 0.112. The maximum atomic E-state index is 13.6. The largest absolute Gasteiger partial charge is 0.461 e. The van der Waals surface area contributed by atoms with E-state index in [9.17, 15) is 23.2 Å². The lowest BCUT2D eigenvalue weighted by atomic mass is 10.1. The van der Waals surface area contributed by atoms with E-state index < -0.39 is 11.9 Å². The quantitative estimate of drug-likeness (QED) is 0.246. The fourth-order valence-electron chi connectivity index (χ4n) is 2.56. The number of fused-ring (bicyclic) bond motifs is 1. The second kappa shape index (κ2) is 8.70. The van der Waals surface area contributed by atoms with Gasteiger partial charge in [-0.05, 0) is 64.5 Å². The Morgan fingerprint density at radius 2 is 1.77 bits per heavy atom. The molecule has 0 spiro atoms. The topological polar surface area (TPSA) is 63.7 Å². The molecule has 0 aromatic heterocycles. The number of hydrogen-bond acceptors (Lipinski definition) is 4. The van der Waals surface area contributed by atoms with E-state index in [0.29, 0.717) is 40.0 Å². The molecule has 1 aliphatic rings. The third-order valence-electron chi connectivity index (χ3n) is 3.81. The fourth-order valence-corrected chi connectivity index (χ4v) is 3.33. The summed E-state index contributed by atoms with van der Waals surface area (Å²) in [5.74, 6) is -5.88. The first-order chi connectivity index (χ1) is 12.3. The number of unbranched alkanes of at least 4 members (excludes halogenated alkanes) is 1. The van der Waals surface area contributed by atoms with E-state index in [0.717, 1.165) is 0 Å². The van der Waals surface area contributed by atoms with Gasteiger partial charge in [0.15, 0.2) is 0 Å². The zero-order valence-electron chi connectivity index (χ0n) is 14.1. The number of rotatable bonds is 8. The number of benzene rings is 1. The Labute approximate surface area is 163 Å². The summed E-state index contributed by atoms with van der Waals surface area (Å²) in [6.07, 6.45) is 1.89. The third kappa shape index (κ3) is 4.66. The van der Waals surface area contributed by atoms with Gasteiger partial charge in [0.2, 0.25) is 0 Å². The molecule has 140 valence electrons. The standard InChI is InChI=1S/C18H18F2INO4/c1-2-26-17(25)18(19,20)11-12(21)7-5-6-10-22-15(23)13-8-3-4-9-14(13)16(22)24/h3-4,8-9,11H,2,5-7,10H2,1H3/b12-11+. The number of carbonyl (C=O) groups is 3. The summed E-state index contributed by atoms with van der Waals surface area (Å²) in [5, 5.41) is 0. The molecular weight excluding hydrogens is 459 g/mol. The first-order valence-corrected chi connectivity index (χ1v) is 9.23. The normalized spacial score (nSPS) is 14.6. The lowest BCUT2D eigenvalue weighted by Crippen LogP contribution is -2.30. The molecule has 2 rings (SSSR count). The summed E-state index contributed by atoms with van der Waals surface area (Å²) < 4.78 is 31.9. The average molecular weight is 477 g/mol. The Morgan fingerprint density at radius 3 is 2.31 bits per heavy atom. The van der Waals surface area contributed by atoms with Crippen LogP contribution in [0.3, 0.4) is 0 Å². The molecule has 0 saturated carbocycles. The van der Waals surface area contributed by atoms with Crippen molar-refractivity contribution in [3.8, 4) is 0 Å². The van der Waals surface area contributed by atoms with Crippen molar-refractivity contribution in [1.82, 2.24) is 4.90 Å². The molecule has 0 atom stereocenters. The van der Waals surface area contributed by atoms with Crippen molar-refractivity contribution in [2.75, 3.05) is 13.2 Å². The maximum absolute atomic E-state index is 13.6. The van der Waals surface area contributed by atoms with Gasteiger partial charge >= 0.3 is 11.9 Å². The predicted molar refractivity (Wildman–Crippen MR) is 99.3 cm³/mol. The highest BCUT2D eigenvalue weighted by Gasteiger charge is 2.38. The van der Waals surface area contributed by atoms with Gasteiger partial charge in [-0.1, -0.05) is 12.1 Å². The lowest BCUT2D eigenvalue weighted by Gasteiger charge is -2.14. The van der Waals surface area contributed by atoms with Crippen LogP contribution in [0, 0.1) is 0 Å². The molecule has 0 radical (unpaired) electrons. The number of nitrogens with zero attached hydrogens (tertiary/aromatic N) is 1. The number of allylic oxidation sites excluding steroid dienone is 1. The Hall–Kier alpha value is -1.84. The van der Waals surface area contributed by atoms with Gasteiger partial charge in [0.05, 0.1) is 17.7 Å². The zero-order chi connectivity index (χ0) is 19.3. The number of amides is 2. The minimum Gasteiger partial charge on any atom is -0.461 e. The van der Waals surface area contributed by atoms with Crippen LogP contribution in [0.1, 0.15) is 46.9 Å². The number of alkyl halides is 2. The van der Waals surface area contributed by atoms with Crippen molar-refractivity contribution >= 4 is 40.4 Å². The Morgan fingerprint density at radius 1 is 1.19 bits per heavy atom. The van der Waals surface area contributed by atoms with Gasteiger partial charge in [-0.3, -0.25) is 14.5 Å². The maximum Gasteiger partial charge on any atom is 0.381 e. The van der Waals surface area contributed by atoms with Gasteiger partial charge in [-0.25, -0.2) is 4.79 Å². The van der Waals surface area contributed by atoms with E-state index >= 15 is 0 Å². The highest BCUT2D eigenvalue weighted by molar-refractivity contribution is 14.1. The van der Waals surface area contributed by atoms with Crippen LogP contribution in [-0.4, -0.2) is 41.8 Å². The molecule has 1 heterocycles. The van der Waals surface area contributed by atoms with Crippen LogP contribution >= 0.6 is 22.6 Å². The van der Waals surface area contributed by atoms with Crippen LogP contribution in [0.25, 0.3) is 0 Å². The number of ether oxygens (including phenoxy) is 1. The Bertz CT molecular complexity index is 713. The van der Waals surface area contributed by atoms with E-state index in [4.69, 9.17) is 0 Å². The number of esters is 1. The summed E-state index contributed by atoms with van der Waals surface area (Å²) in [5.41, 5.74) is 0.780. The van der Waals surface area contributed by atoms with Gasteiger partial charge in [-0.15, -0.1) is 0 Å². The number of carbonyl (C=O) groups excluding carboxylic acids is 3. The van der Waals surface area contributed by atoms with E-state index in [2.05, 4.69) is 4.74 Å². The van der Waals surface area contributed by atoms with Crippen molar-refractivity contribution in [1.29, 1.82) is 0 Å². The van der Waals surface area contributed by atoms with Crippen LogP contribution in [-0.2, 0) is 9.53 Å². The molecule has 0 saturated heterocycles. The molecule has 1 aliphatic heterocycles. The summed E-state index contributed by atoms with van der Waals surface area (Å²) in [6, 6.07) is 6.62. The average Bonchev–Trinajstić information content (AvgIpc) is 2.83. The second-order valence-corrected chi connectivity index (χ2v) is 7.08. The molecule has 0 aliphatic carbocycles. The van der Waals surface area contributed by atoms with E-state index in [1.807, 2.05) is 0 Å². The van der Waals surface area contributed by atoms with E-state index in [1.165, 1.54) is 11.8 Å². The first kappa shape index (κ1) is 20.5. The molecule has 26 heavy (non-hydrogen) atoms. The number of imide groups is 1. The van der Waals surface area contributed by atoms with Crippen molar-refractivity contribution in [2.45, 2.75) is 32.1 Å². The highest BCUT2D eigenvalue weighted by atomic mass is 127. The fraction of sp³-hybridized carbons (Fsp3) is 0.389. The van der Waals surface area contributed by atoms with Gasteiger partial charge in [0.25, 0.3) is 11.8 Å². The van der Waals surface area contributed by atoms with Crippen molar-refractivity contribution < 1.29 is 27.9 Å². The van der Waals surface area contributed by atoms with E-state index in [-0.39, 0.29) is 25.0 Å². The molecule has 0 bridgehead atoms.